The fraction of sp³-hybridized carbons (Fsp3) is 0.286. The van der Waals surface area contributed by atoms with Gasteiger partial charge in [-0.2, -0.15) is 0 Å². The van der Waals surface area contributed by atoms with Gasteiger partial charge in [0.15, 0.2) is 0 Å². The standard InChI is InChI=1S/C21H17F5O3/c1-2-3-12-4-9-16-13(10-12)11-17(22)18(19(16)23)20(27)28-14-5-7-15(8-6-14)29-21(24,25)26/h4-8,11H,2-3,9-10H2,1H3. The number of benzene rings is 2. The summed E-state index contributed by atoms with van der Waals surface area (Å²) in [4.78, 5) is 12.3. The van der Waals surface area contributed by atoms with Crippen molar-refractivity contribution in [2.45, 2.75) is 39.0 Å². The van der Waals surface area contributed by atoms with Gasteiger partial charge in [-0.25, -0.2) is 13.6 Å². The number of hydrogen-bond donors (Lipinski definition) is 0. The molecule has 0 aliphatic heterocycles. The molecule has 8 heteroatoms. The fourth-order valence-corrected chi connectivity index (χ4v) is 3.22. The second-order valence-electron chi connectivity index (χ2n) is 6.59. The number of halogens is 5. The van der Waals surface area contributed by atoms with Crippen molar-refractivity contribution in [1.29, 1.82) is 0 Å². The largest absolute Gasteiger partial charge is 0.573 e. The molecule has 0 bridgehead atoms. The van der Waals surface area contributed by atoms with Crippen molar-refractivity contribution < 1.29 is 36.2 Å². The quantitative estimate of drug-likeness (QED) is 0.265. The van der Waals surface area contributed by atoms with Gasteiger partial charge >= 0.3 is 12.3 Å². The Balaban J connectivity index is 1.79. The highest BCUT2D eigenvalue weighted by Gasteiger charge is 2.31. The lowest BCUT2D eigenvalue weighted by Gasteiger charge is -2.19. The van der Waals surface area contributed by atoms with E-state index in [1.807, 2.05) is 13.0 Å². The van der Waals surface area contributed by atoms with Crippen LogP contribution in [0, 0.1) is 11.6 Å². The monoisotopic (exact) mass is 412 g/mol. The molecular formula is C21H17F5O3. The Morgan fingerprint density at radius 3 is 2.38 bits per heavy atom. The molecule has 2 aromatic carbocycles. The molecule has 29 heavy (non-hydrogen) atoms. The predicted octanol–water partition coefficient (Wildman–Crippen LogP) is 5.91. The van der Waals surface area contributed by atoms with Gasteiger partial charge in [0.05, 0.1) is 0 Å². The molecule has 3 rings (SSSR count). The summed E-state index contributed by atoms with van der Waals surface area (Å²) in [6.07, 6.45) is -0.558. The first-order chi connectivity index (χ1) is 13.7. The molecule has 0 fully saturated rings. The van der Waals surface area contributed by atoms with Gasteiger partial charge < -0.3 is 9.47 Å². The summed E-state index contributed by atoms with van der Waals surface area (Å²) in [6, 6.07) is 5.06. The molecule has 154 valence electrons. The first kappa shape index (κ1) is 20.8. The molecular weight excluding hydrogens is 395 g/mol. The highest BCUT2D eigenvalue weighted by molar-refractivity contribution is 5.92. The van der Waals surface area contributed by atoms with Crippen LogP contribution in [0.1, 0.15) is 41.3 Å². The van der Waals surface area contributed by atoms with E-state index in [0.29, 0.717) is 12.0 Å². The highest BCUT2D eigenvalue weighted by Crippen LogP contribution is 2.30. The molecule has 3 nitrogen and oxygen atoms in total. The number of allylic oxidation sites excluding steroid dienone is 2. The summed E-state index contributed by atoms with van der Waals surface area (Å²) in [7, 11) is 0. The predicted molar refractivity (Wildman–Crippen MR) is 94.8 cm³/mol. The molecule has 0 saturated heterocycles. The summed E-state index contributed by atoms with van der Waals surface area (Å²) in [6.45, 7) is 2.01. The van der Waals surface area contributed by atoms with Crippen LogP contribution in [-0.2, 0) is 12.8 Å². The molecule has 0 heterocycles. The van der Waals surface area contributed by atoms with Crippen LogP contribution >= 0.6 is 0 Å². The molecule has 0 saturated carbocycles. The van der Waals surface area contributed by atoms with Crippen molar-refractivity contribution in [3.05, 3.63) is 70.3 Å². The maximum atomic E-state index is 14.8. The van der Waals surface area contributed by atoms with Crippen LogP contribution in [0.25, 0.3) is 0 Å². The number of ether oxygens (including phenoxy) is 2. The maximum Gasteiger partial charge on any atom is 0.573 e. The summed E-state index contributed by atoms with van der Waals surface area (Å²) in [5.41, 5.74) is 1.00. The van der Waals surface area contributed by atoms with Crippen LogP contribution in [0.15, 0.2) is 42.0 Å². The van der Waals surface area contributed by atoms with Crippen LogP contribution in [0.4, 0.5) is 22.0 Å². The van der Waals surface area contributed by atoms with E-state index in [1.54, 1.807) is 0 Å². The van der Waals surface area contributed by atoms with Gasteiger partial charge in [-0.05, 0) is 60.7 Å². The van der Waals surface area contributed by atoms with Crippen LogP contribution < -0.4 is 9.47 Å². The van der Waals surface area contributed by atoms with Crippen LogP contribution in [-0.4, -0.2) is 12.3 Å². The summed E-state index contributed by atoms with van der Waals surface area (Å²) < 4.78 is 74.4. The van der Waals surface area contributed by atoms with E-state index < -0.39 is 35.3 Å². The summed E-state index contributed by atoms with van der Waals surface area (Å²) >= 11 is 0. The SMILES string of the molecule is CCCC1=CCc2c(cc(F)c(C(=O)Oc3ccc(OC(F)(F)F)cc3)c2F)C1. The first-order valence-electron chi connectivity index (χ1n) is 8.93. The lowest BCUT2D eigenvalue weighted by molar-refractivity contribution is -0.274. The zero-order valence-corrected chi connectivity index (χ0v) is 15.4. The van der Waals surface area contributed by atoms with Gasteiger partial charge in [0.1, 0.15) is 28.7 Å². The van der Waals surface area contributed by atoms with E-state index in [2.05, 4.69) is 4.74 Å². The fourth-order valence-electron chi connectivity index (χ4n) is 3.22. The van der Waals surface area contributed by atoms with Gasteiger partial charge in [0, 0.05) is 0 Å². The minimum Gasteiger partial charge on any atom is -0.423 e. The topological polar surface area (TPSA) is 35.5 Å². The zero-order valence-electron chi connectivity index (χ0n) is 15.4. The Bertz CT molecular complexity index is 946. The molecule has 2 aromatic rings. The van der Waals surface area contributed by atoms with Crippen LogP contribution in [0.5, 0.6) is 11.5 Å². The van der Waals surface area contributed by atoms with E-state index in [-0.39, 0.29) is 17.7 Å². The molecule has 0 amide bonds. The highest BCUT2D eigenvalue weighted by atomic mass is 19.4. The van der Waals surface area contributed by atoms with Crippen molar-refractivity contribution in [2.24, 2.45) is 0 Å². The Labute approximate surface area is 163 Å². The number of rotatable bonds is 5. The molecule has 0 aromatic heterocycles. The smallest absolute Gasteiger partial charge is 0.423 e. The van der Waals surface area contributed by atoms with Crippen molar-refractivity contribution >= 4 is 5.97 Å². The molecule has 0 atom stereocenters. The second kappa shape index (κ2) is 8.23. The Morgan fingerprint density at radius 2 is 1.76 bits per heavy atom. The van der Waals surface area contributed by atoms with E-state index in [4.69, 9.17) is 4.74 Å². The number of fused-ring (bicyclic) bond motifs is 1. The third kappa shape index (κ3) is 4.93. The normalized spacial score (nSPS) is 13.5. The van der Waals surface area contributed by atoms with E-state index >= 15 is 0 Å². The molecule has 0 unspecified atom stereocenters. The third-order valence-corrected chi connectivity index (χ3v) is 4.47. The Hall–Kier alpha value is -2.90. The molecule has 1 aliphatic rings. The van der Waals surface area contributed by atoms with E-state index in [9.17, 15) is 26.7 Å². The van der Waals surface area contributed by atoms with E-state index in [0.717, 1.165) is 48.7 Å². The van der Waals surface area contributed by atoms with Crippen LogP contribution in [0.3, 0.4) is 0 Å². The van der Waals surface area contributed by atoms with Gasteiger partial charge in [0.2, 0.25) is 0 Å². The van der Waals surface area contributed by atoms with Crippen molar-refractivity contribution in [3.8, 4) is 11.5 Å². The molecule has 0 radical (unpaired) electrons. The lowest BCUT2D eigenvalue weighted by atomic mass is 9.88. The summed E-state index contributed by atoms with van der Waals surface area (Å²) in [5.74, 6) is -3.98. The van der Waals surface area contributed by atoms with E-state index in [1.165, 1.54) is 0 Å². The first-order valence-corrected chi connectivity index (χ1v) is 8.93. The van der Waals surface area contributed by atoms with Crippen LogP contribution in [0.2, 0.25) is 0 Å². The number of carbonyl (C=O) groups is 1. The second-order valence-corrected chi connectivity index (χ2v) is 6.59. The average Bonchev–Trinajstić information content (AvgIpc) is 2.62. The maximum absolute atomic E-state index is 14.8. The number of carbonyl (C=O) groups excluding carboxylic acids is 1. The minimum absolute atomic E-state index is 0.175. The van der Waals surface area contributed by atoms with Crippen molar-refractivity contribution in [3.63, 3.8) is 0 Å². The van der Waals surface area contributed by atoms with Gasteiger partial charge in [-0.1, -0.05) is 25.0 Å². The third-order valence-electron chi connectivity index (χ3n) is 4.47. The summed E-state index contributed by atoms with van der Waals surface area (Å²) in [5, 5.41) is 0. The molecule has 1 aliphatic carbocycles. The van der Waals surface area contributed by atoms with Gasteiger partial charge in [0.25, 0.3) is 0 Å². The van der Waals surface area contributed by atoms with Gasteiger partial charge in [-0.15, -0.1) is 13.2 Å². The lowest BCUT2D eigenvalue weighted by Crippen LogP contribution is -2.18. The molecule has 0 spiro atoms. The average molecular weight is 412 g/mol. The van der Waals surface area contributed by atoms with Crippen molar-refractivity contribution in [2.75, 3.05) is 0 Å². The zero-order chi connectivity index (χ0) is 21.2. The Kier molecular flexibility index (Phi) is 5.91. The number of esters is 1. The van der Waals surface area contributed by atoms with Crippen molar-refractivity contribution in [1.82, 2.24) is 0 Å². The Morgan fingerprint density at radius 1 is 1.10 bits per heavy atom. The molecule has 0 N–H and O–H groups in total. The number of alkyl halides is 3. The number of hydrogen-bond acceptors (Lipinski definition) is 3. The van der Waals surface area contributed by atoms with Gasteiger partial charge in [-0.3, -0.25) is 0 Å². The minimum atomic E-state index is -4.86.